The molecule has 10 nitrogen and oxygen atoms in total. The number of aliphatic hydroxyl groups excluding tert-OH is 1. The Balaban J connectivity index is 1.83. The topological polar surface area (TPSA) is 128 Å². The molecule has 0 spiro atoms. The molecule has 280 valence electrons. The number of fused-ring (bicyclic) bond motifs is 4. The Labute approximate surface area is 297 Å². The average molecular weight is 735 g/mol. The van der Waals surface area contributed by atoms with Crippen molar-refractivity contribution in [2.75, 3.05) is 27.3 Å². The summed E-state index contributed by atoms with van der Waals surface area (Å²) in [4.78, 5) is 43.8. The van der Waals surface area contributed by atoms with Crippen molar-refractivity contribution in [1.29, 1.82) is 0 Å². The number of aldehydes is 1. The number of aliphatic hydroxyl groups is 1. The minimum Gasteiger partial charge on any atom is -0.508 e. The molecule has 0 amide bonds. The first kappa shape index (κ1) is 38.7. The number of benzene rings is 1. The summed E-state index contributed by atoms with van der Waals surface area (Å²) in [7, 11) is 0.537. The van der Waals surface area contributed by atoms with Crippen LogP contribution in [-0.2, 0) is 17.0 Å². The molecule has 4 atom stereocenters. The van der Waals surface area contributed by atoms with Crippen molar-refractivity contribution >= 4 is 26.2 Å². The number of alkyl halides is 3. The fourth-order valence-corrected chi connectivity index (χ4v) is 8.95. The molecule has 0 saturated heterocycles. The molecule has 0 saturated carbocycles. The molecule has 3 aliphatic rings. The molecule has 51 heavy (non-hydrogen) atoms. The van der Waals surface area contributed by atoms with Gasteiger partial charge in [-0.1, -0.05) is 47.5 Å². The smallest absolute Gasteiger partial charge is 0.417 e. The first-order chi connectivity index (χ1) is 23.8. The van der Waals surface area contributed by atoms with E-state index in [4.69, 9.17) is 18.4 Å². The van der Waals surface area contributed by atoms with Crippen molar-refractivity contribution < 1.29 is 51.1 Å². The van der Waals surface area contributed by atoms with Crippen molar-refractivity contribution in [1.82, 2.24) is 10.1 Å². The van der Waals surface area contributed by atoms with Gasteiger partial charge in [-0.2, -0.15) is 13.2 Å². The third-order valence-electron chi connectivity index (χ3n) is 11.0. The van der Waals surface area contributed by atoms with Gasteiger partial charge in [0, 0.05) is 17.1 Å². The lowest BCUT2D eigenvalue weighted by molar-refractivity contribution is -0.138. The van der Waals surface area contributed by atoms with Crippen LogP contribution in [0.2, 0.25) is 18.1 Å². The van der Waals surface area contributed by atoms with Gasteiger partial charge in [0.05, 0.1) is 30.4 Å². The summed E-state index contributed by atoms with van der Waals surface area (Å²) in [5.74, 6) is -4.09. The molecule has 5 rings (SSSR count). The number of Topliss-reactive ketones (excluding diaryl/α,β-unsaturated/α-hetero) is 2. The first-order valence-electron chi connectivity index (χ1n) is 17.6. The molecule has 3 aliphatic carbocycles. The van der Waals surface area contributed by atoms with Crippen molar-refractivity contribution in [3.05, 3.63) is 51.0 Å². The van der Waals surface area contributed by atoms with Gasteiger partial charge in [-0.3, -0.25) is 19.3 Å². The summed E-state index contributed by atoms with van der Waals surface area (Å²) >= 11 is 0. The monoisotopic (exact) mass is 734 g/mol. The van der Waals surface area contributed by atoms with Crippen LogP contribution in [0.25, 0.3) is 0 Å². The van der Waals surface area contributed by atoms with E-state index in [1.807, 2.05) is 47.7 Å². The number of nitrogens with zero attached hydrogens (tertiary/aromatic N) is 2. The minimum absolute atomic E-state index is 0.00703. The van der Waals surface area contributed by atoms with Crippen LogP contribution >= 0.6 is 0 Å². The molecule has 1 aromatic carbocycles. The van der Waals surface area contributed by atoms with Gasteiger partial charge < -0.3 is 23.5 Å². The SMILES string of the molecule is CCCCOc1cc(C=O)c(C(F)(F)F)c2c1C(=O)C1=C(O)[C@]3(O[Si](C)(C)C(C)(C)C)C(=O)c4c(OCCCC)noc4[C@@H](N(C)C)[C@@H]3C[C@@H]1C2. The van der Waals surface area contributed by atoms with Crippen LogP contribution in [0.3, 0.4) is 0 Å². The molecule has 2 aromatic rings. The molecule has 0 radical (unpaired) electrons. The number of hydrogen-bond acceptors (Lipinski definition) is 10. The number of carbonyl (C=O) groups is 3. The van der Waals surface area contributed by atoms with Gasteiger partial charge in [-0.15, -0.1) is 0 Å². The second-order valence-electron chi connectivity index (χ2n) is 15.6. The second-order valence-corrected chi connectivity index (χ2v) is 20.3. The van der Waals surface area contributed by atoms with E-state index >= 15 is 4.79 Å². The van der Waals surface area contributed by atoms with E-state index in [-0.39, 0.29) is 72.0 Å². The van der Waals surface area contributed by atoms with Gasteiger partial charge in [0.15, 0.2) is 31.7 Å². The molecule has 1 heterocycles. The second kappa shape index (κ2) is 13.8. The summed E-state index contributed by atoms with van der Waals surface area (Å²) in [6.45, 7) is 14.0. The Morgan fingerprint density at radius 2 is 1.71 bits per heavy atom. The first-order valence-corrected chi connectivity index (χ1v) is 20.6. The highest BCUT2D eigenvalue weighted by molar-refractivity contribution is 6.74. The third-order valence-corrected chi connectivity index (χ3v) is 15.5. The van der Waals surface area contributed by atoms with Crippen LogP contribution in [0.1, 0.15) is 121 Å². The number of rotatable bonds is 12. The quantitative estimate of drug-likeness (QED) is 0.129. The van der Waals surface area contributed by atoms with Crippen LogP contribution in [0.4, 0.5) is 13.2 Å². The van der Waals surface area contributed by atoms with Crippen LogP contribution in [0.5, 0.6) is 11.6 Å². The zero-order valence-corrected chi connectivity index (χ0v) is 31.9. The van der Waals surface area contributed by atoms with Crippen LogP contribution < -0.4 is 9.47 Å². The van der Waals surface area contributed by atoms with Gasteiger partial charge in [-0.05, 0) is 80.6 Å². The number of aromatic nitrogens is 1. The Morgan fingerprint density at radius 3 is 2.25 bits per heavy atom. The summed E-state index contributed by atoms with van der Waals surface area (Å²) < 4.78 is 68.9. The highest BCUT2D eigenvalue weighted by atomic mass is 28.4. The van der Waals surface area contributed by atoms with E-state index in [1.54, 1.807) is 19.0 Å². The Bertz CT molecular complexity index is 1740. The van der Waals surface area contributed by atoms with Crippen LogP contribution in [0, 0.1) is 11.8 Å². The summed E-state index contributed by atoms with van der Waals surface area (Å²) in [5.41, 5.74) is -4.87. The zero-order chi connectivity index (χ0) is 37.8. The molecule has 0 fully saturated rings. The highest BCUT2D eigenvalue weighted by Gasteiger charge is 2.67. The summed E-state index contributed by atoms with van der Waals surface area (Å²) in [6, 6.07) is 0.195. The Morgan fingerprint density at radius 1 is 1.08 bits per heavy atom. The normalized spacial score (nSPS) is 23.5. The predicted molar refractivity (Wildman–Crippen MR) is 185 cm³/mol. The lowest BCUT2D eigenvalue weighted by Crippen LogP contribution is -2.65. The number of hydrogen-bond donors (Lipinski definition) is 1. The fourth-order valence-electron chi connectivity index (χ4n) is 7.50. The molecule has 0 unspecified atom stereocenters. The van der Waals surface area contributed by atoms with E-state index in [2.05, 4.69) is 5.16 Å². The molecular weight excluding hydrogens is 685 g/mol. The lowest BCUT2D eigenvalue weighted by atomic mass is 9.58. The van der Waals surface area contributed by atoms with E-state index in [0.29, 0.717) is 19.3 Å². The highest BCUT2D eigenvalue weighted by Crippen LogP contribution is 2.60. The number of allylic oxidation sites excluding steroid dienone is 1. The van der Waals surface area contributed by atoms with Gasteiger partial charge in [0.2, 0.25) is 5.78 Å². The molecule has 1 N–H and O–H groups in total. The number of carbonyl (C=O) groups excluding carboxylic acids is 3. The maximum atomic E-state index is 15.2. The van der Waals surface area contributed by atoms with E-state index in [1.165, 1.54) is 0 Å². The summed E-state index contributed by atoms with van der Waals surface area (Å²) in [5, 5.41) is 16.3. The van der Waals surface area contributed by atoms with Gasteiger partial charge >= 0.3 is 6.18 Å². The minimum atomic E-state index is -4.97. The van der Waals surface area contributed by atoms with E-state index in [9.17, 15) is 27.9 Å². The summed E-state index contributed by atoms with van der Waals surface area (Å²) in [6.07, 6.45) is -2.44. The maximum absolute atomic E-state index is 15.2. The number of ketones is 2. The molecule has 14 heteroatoms. The van der Waals surface area contributed by atoms with Gasteiger partial charge in [-0.25, -0.2) is 0 Å². The van der Waals surface area contributed by atoms with Gasteiger partial charge in [0.25, 0.3) is 5.88 Å². The van der Waals surface area contributed by atoms with Crippen LogP contribution in [-0.4, -0.2) is 74.2 Å². The fraction of sp³-hybridized carbons (Fsp3) is 0.622. The van der Waals surface area contributed by atoms with Crippen molar-refractivity contribution in [3.8, 4) is 11.6 Å². The Hall–Kier alpha value is -3.49. The largest absolute Gasteiger partial charge is 0.508 e. The average Bonchev–Trinajstić information content (AvgIpc) is 3.44. The molecule has 1 aromatic heterocycles. The predicted octanol–water partition coefficient (Wildman–Crippen LogP) is 8.31. The maximum Gasteiger partial charge on any atom is 0.417 e. The number of unbranched alkanes of at least 4 members (excludes halogenated alkanes) is 2. The number of halogens is 3. The molecular formula is C37H49F3N2O8Si. The number of ether oxygens (including phenoxy) is 2. The molecule has 0 aliphatic heterocycles. The zero-order valence-electron chi connectivity index (χ0n) is 30.9. The standard InChI is InChI=1S/C37H49F3N2O8Si/c1-10-12-14-47-24-18-21(19-43)28(37(38,39)40)22-16-20-17-23-29(42(6)7)31-27(34(41-49-31)48-15-13-11-2)33(46)36(23,50-51(8,9)35(3,4)5)32(45)25(20)30(44)26(22)24/h18-20,23,29,45H,10-17H2,1-9H3/t20-,23-,29-,36-/m0/s1. The van der Waals surface area contributed by atoms with Crippen molar-refractivity contribution in [3.63, 3.8) is 0 Å². The van der Waals surface area contributed by atoms with Crippen LogP contribution in [0.15, 0.2) is 21.9 Å². The Kier molecular flexibility index (Phi) is 10.5. The van der Waals surface area contributed by atoms with Crippen molar-refractivity contribution in [2.45, 2.75) is 109 Å². The molecule has 0 bridgehead atoms. The van der Waals surface area contributed by atoms with Gasteiger partial charge in [0.1, 0.15) is 17.1 Å². The van der Waals surface area contributed by atoms with Crippen molar-refractivity contribution in [2.24, 2.45) is 11.8 Å². The van der Waals surface area contributed by atoms with E-state index < -0.39 is 71.5 Å². The third kappa shape index (κ3) is 6.34. The lowest BCUT2D eigenvalue weighted by Gasteiger charge is -2.55. The van der Waals surface area contributed by atoms with E-state index in [0.717, 1.165) is 12.5 Å².